The number of aromatic nitrogens is 2. The summed E-state index contributed by atoms with van der Waals surface area (Å²) >= 11 is 3.23. The fourth-order valence-corrected chi connectivity index (χ4v) is 1.00. The monoisotopic (exact) mass is 229 g/mol. The third-order valence-corrected chi connectivity index (χ3v) is 1.87. The van der Waals surface area contributed by atoms with Gasteiger partial charge in [-0.1, -0.05) is 13.3 Å². The number of nitrogens with zero attached hydrogens (tertiary/aromatic N) is 2. The highest BCUT2D eigenvalue weighted by Gasteiger charge is 1.92. The minimum absolute atomic E-state index is 0.767. The predicted octanol–water partition coefficient (Wildman–Crippen LogP) is 2.45. The Kier molecular flexibility index (Phi) is 4.00. The number of hydrogen-bond acceptors (Lipinski definition) is 3. The van der Waals surface area contributed by atoms with Crippen molar-refractivity contribution < 1.29 is 0 Å². The second-order valence-corrected chi connectivity index (χ2v) is 3.32. The van der Waals surface area contributed by atoms with E-state index in [4.69, 9.17) is 0 Å². The zero-order valence-electron chi connectivity index (χ0n) is 7.05. The molecule has 1 heterocycles. The molecule has 1 rings (SSSR count). The van der Waals surface area contributed by atoms with Crippen LogP contribution in [0.2, 0.25) is 0 Å². The lowest BCUT2D eigenvalue weighted by Gasteiger charge is -2.02. The summed E-state index contributed by atoms with van der Waals surface area (Å²) in [6, 6.07) is 0. The van der Waals surface area contributed by atoms with E-state index in [-0.39, 0.29) is 0 Å². The molecule has 0 radical (unpaired) electrons. The van der Waals surface area contributed by atoms with Gasteiger partial charge in [0.1, 0.15) is 10.4 Å². The number of unbranched alkanes of at least 4 members (excludes halogenated alkanes) is 1. The molecule has 3 nitrogen and oxygen atoms in total. The Balaban J connectivity index is 2.37. The van der Waals surface area contributed by atoms with Crippen molar-refractivity contribution in [2.75, 3.05) is 11.9 Å². The Hall–Kier alpha value is -0.640. The van der Waals surface area contributed by atoms with Crippen LogP contribution in [0.25, 0.3) is 0 Å². The minimum Gasteiger partial charge on any atom is -0.369 e. The largest absolute Gasteiger partial charge is 0.369 e. The van der Waals surface area contributed by atoms with E-state index in [0.29, 0.717) is 0 Å². The Labute approximate surface area is 80.7 Å². The van der Waals surface area contributed by atoms with E-state index < -0.39 is 0 Å². The van der Waals surface area contributed by atoms with Crippen molar-refractivity contribution in [3.05, 3.63) is 17.0 Å². The van der Waals surface area contributed by atoms with Crippen molar-refractivity contribution in [3.8, 4) is 0 Å². The van der Waals surface area contributed by atoms with Gasteiger partial charge in [-0.15, -0.1) is 0 Å². The summed E-state index contributed by atoms with van der Waals surface area (Å²) in [6.07, 6.45) is 5.77. The first kappa shape index (κ1) is 9.45. The number of nitrogens with one attached hydrogen (secondary N) is 1. The lowest BCUT2D eigenvalue weighted by atomic mass is 10.3. The first-order valence-electron chi connectivity index (χ1n) is 4.04. The van der Waals surface area contributed by atoms with Crippen molar-refractivity contribution in [1.82, 2.24) is 9.97 Å². The highest BCUT2D eigenvalue weighted by Crippen LogP contribution is 2.05. The predicted molar refractivity (Wildman–Crippen MR) is 53.1 cm³/mol. The van der Waals surface area contributed by atoms with Crippen LogP contribution in [-0.4, -0.2) is 16.5 Å². The number of hydrogen-bond donors (Lipinski definition) is 1. The van der Waals surface area contributed by atoms with Crippen molar-refractivity contribution in [1.29, 1.82) is 0 Å². The van der Waals surface area contributed by atoms with Crippen LogP contribution in [0.3, 0.4) is 0 Å². The normalized spacial score (nSPS) is 9.83. The Morgan fingerprint density at radius 3 is 2.83 bits per heavy atom. The summed E-state index contributed by atoms with van der Waals surface area (Å²) in [5, 5.41) is 3.18. The van der Waals surface area contributed by atoms with Gasteiger partial charge in [0.15, 0.2) is 0 Å². The van der Waals surface area contributed by atoms with Gasteiger partial charge in [-0.2, -0.15) is 0 Å². The van der Waals surface area contributed by atoms with Crippen LogP contribution in [0.5, 0.6) is 0 Å². The van der Waals surface area contributed by atoms with E-state index in [1.165, 1.54) is 6.42 Å². The quantitative estimate of drug-likeness (QED) is 0.807. The first-order valence-corrected chi connectivity index (χ1v) is 4.83. The summed E-state index contributed by atoms with van der Waals surface area (Å²) in [5.74, 6) is 0.839. The molecular weight excluding hydrogens is 218 g/mol. The number of rotatable bonds is 4. The van der Waals surface area contributed by atoms with Crippen molar-refractivity contribution in [2.24, 2.45) is 0 Å². The molecule has 1 aromatic heterocycles. The molecule has 0 aliphatic carbocycles. The highest BCUT2D eigenvalue weighted by molar-refractivity contribution is 9.10. The summed E-state index contributed by atoms with van der Waals surface area (Å²) in [7, 11) is 0. The Morgan fingerprint density at radius 2 is 2.25 bits per heavy atom. The van der Waals surface area contributed by atoms with Gasteiger partial charge in [0.25, 0.3) is 0 Å². The lowest BCUT2D eigenvalue weighted by Crippen LogP contribution is -2.02. The van der Waals surface area contributed by atoms with Crippen LogP contribution in [-0.2, 0) is 0 Å². The summed E-state index contributed by atoms with van der Waals surface area (Å²) in [5.41, 5.74) is 0. The first-order chi connectivity index (χ1) is 5.83. The van der Waals surface area contributed by atoms with Gasteiger partial charge in [0, 0.05) is 6.54 Å². The van der Waals surface area contributed by atoms with Crippen LogP contribution in [0.4, 0.5) is 5.82 Å². The van der Waals surface area contributed by atoms with Gasteiger partial charge in [0.05, 0.1) is 12.4 Å². The summed E-state index contributed by atoms with van der Waals surface area (Å²) < 4.78 is 0.767. The van der Waals surface area contributed by atoms with E-state index in [1.54, 1.807) is 12.4 Å². The molecule has 0 amide bonds. The van der Waals surface area contributed by atoms with E-state index in [9.17, 15) is 0 Å². The average molecular weight is 230 g/mol. The SMILES string of the molecule is CCCCNc1cnc(Br)cn1. The van der Waals surface area contributed by atoms with Crippen molar-refractivity contribution in [2.45, 2.75) is 19.8 Å². The summed E-state index contributed by atoms with van der Waals surface area (Å²) in [4.78, 5) is 8.18. The molecule has 0 bridgehead atoms. The maximum Gasteiger partial charge on any atom is 0.144 e. The zero-order valence-corrected chi connectivity index (χ0v) is 8.63. The standard InChI is InChI=1S/C8H12BrN3/c1-2-3-4-10-8-6-11-7(9)5-12-8/h5-6H,2-4H2,1H3,(H,10,12). The fraction of sp³-hybridized carbons (Fsp3) is 0.500. The number of halogens is 1. The average Bonchev–Trinajstić information content (AvgIpc) is 2.09. The lowest BCUT2D eigenvalue weighted by molar-refractivity contribution is 0.830. The molecular formula is C8H12BrN3. The van der Waals surface area contributed by atoms with Crippen LogP contribution in [0.15, 0.2) is 17.0 Å². The molecule has 0 aliphatic rings. The second-order valence-electron chi connectivity index (χ2n) is 2.50. The molecule has 0 saturated heterocycles. The number of anilines is 1. The van der Waals surface area contributed by atoms with E-state index >= 15 is 0 Å². The zero-order chi connectivity index (χ0) is 8.81. The van der Waals surface area contributed by atoms with E-state index in [2.05, 4.69) is 38.1 Å². The molecule has 0 fully saturated rings. The molecule has 0 saturated carbocycles. The molecule has 0 spiro atoms. The van der Waals surface area contributed by atoms with Gasteiger partial charge >= 0.3 is 0 Å². The van der Waals surface area contributed by atoms with E-state index in [0.717, 1.165) is 23.4 Å². The van der Waals surface area contributed by atoms with Gasteiger partial charge < -0.3 is 5.32 Å². The van der Waals surface area contributed by atoms with Crippen molar-refractivity contribution >= 4 is 21.7 Å². The van der Waals surface area contributed by atoms with Crippen LogP contribution >= 0.6 is 15.9 Å². The van der Waals surface area contributed by atoms with Crippen LogP contribution in [0, 0.1) is 0 Å². The summed E-state index contributed by atoms with van der Waals surface area (Å²) in [6.45, 7) is 3.13. The fourth-order valence-electron chi connectivity index (χ4n) is 0.797. The molecule has 12 heavy (non-hydrogen) atoms. The molecule has 4 heteroatoms. The Bertz CT molecular complexity index is 222. The molecule has 0 unspecified atom stereocenters. The molecule has 66 valence electrons. The molecule has 0 aliphatic heterocycles. The maximum absolute atomic E-state index is 4.13. The van der Waals surface area contributed by atoms with Gasteiger partial charge in [-0.25, -0.2) is 9.97 Å². The molecule has 0 aromatic carbocycles. The van der Waals surface area contributed by atoms with Gasteiger partial charge in [-0.05, 0) is 22.4 Å². The Morgan fingerprint density at radius 1 is 1.42 bits per heavy atom. The van der Waals surface area contributed by atoms with Crippen molar-refractivity contribution in [3.63, 3.8) is 0 Å². The molecule has 1 aromatic rings. The third kappa shape index (κ3) is 3.17. The highest BCUT2D eigenvalue weighted by atomic mass is 79.9. The van der Waals surface area contributed by atoms with E-state index in [1.807, 2.05) is 0 Å². The minimum atomic E-state index is 0.767. The maximum atomic E-state index is 4.13. The third-order valence-electron chi connectivity index (χ3n) is 1.46. The molecule has 1 N–H and O–H groups in total. The van der Waals surface area contributed by atoms with Gasteiger partial charge in [0.2, 0.25) is 0 Å². The topological polar surface area (TPSA) is 37.8 Å². The smallest absolute Gasteiger partial charge is 0.144 e. The van der Waals surface area contributed by atoms with Crippen LogP contribution in [0.1, 0.15) is 19.8 Å². The molecule has 0 atom stereocenters. The second kappa shape index (κ2) is 5.09. The van der Waals surface area contributed by atoms with Gasteiger partial charge in [-0.3, -0.25) is 0 Å². The van der Waals surface area contributed by atoms with Crippen LogP contribution < -0.4 is 5.32 Å².